The molecule has 2 aromatic carbocycles. The molecule has 1 heterocycles. The molecule has 246 valence electrons. The third-order valence-corrected chi connectivity index (χ3v) is 8.77. The smallest absolute Gasteiger partial charge is 0.275 e. The molecule has 1 atom stereocenters. The van der Waals surface area contributed by atoms with E-state index in [1.165, 1.54) is 0 Å². The van der Waals surface area contributed by atoms with Gasteiger partial charge in [0.05, 0.1) is 12.6 Å². The van der Waals surface area contributed by atoms with Crippen LogP contribution in [-0.2, 0) is 4.79 Å². The number of aliphatic imine (C=N–C) groups is 1. The van der Waals surface area contributed by atoms with E-state index in [1.54, 1.807) is 43.0 Å². The summed E-state index contributed by atoms with van der Waals surface area (Å²) in [5.74, 6) is 2.63. The quantitative estimate of drug-likeness (QED) is 0.118. The number of nitrogens with one attached hydrogen (secondary N) is 1. The number of rotatable bonds is 8. The summed E-state index contributed by atoms with van der Waals surface area (Å²) in [6, 6.07) is 9.40. The molecule has 45 heavy (non-hydrogen) atoms. The van der Waals surface area contributed by atoms with Crippen molar-refractivity contribution in [1.82, 2.24) is 16.4 Å². The van der Waals surface area contributed by atoms with Gasteiger partial charge in [-0.1, -0.05) is 53.6 Å². The molecule has 1 saturated carbocycles. The van der Waals surface area contributed by atoms with Crippen molar-refractivity contribution in [3.63, 3.8) is 0 Å². The molecule has 0 radical (unpaired) electrons. The maximum Gasteiger partial charge on any atom is 0.275 e. The van der Waals surface area contributed by atoms with Gasteiger partial charge in [0.2, 0.25) is 0 Å². The first-order valence-electron chi connectivity index (χ1n) is 16.6. The number of nitrogens with two attached hydrogens (primary N) is 2. The summed E-state index contributed by atoms with van der Waals surface area (Å²) < 4.78 is 53.3. The first-order chi connectivity index (χ1) is 21.8. The van der Waals surface area contributed by atoms with Crippen molar-refractivity contribution in [2.45, 2.75) is 91.7 Å². The zero-order chi connectivity index (χ0) is 34.9. The van der Waals surface area contributed by atoms with Gasteiger partial charge < -0.3 is 27.9 Å². The molecule has 2 amide bonds. The zero-order valence-electron chi connectivity index (χ0n) is 29.9. The second-order valence-corrected chi connectivity index (χ2v) is 13.8. The molecular weight excluding hydrogens is 576 g/mol. The Morgan fingerprint density at radius 2 is 1.73 bits per heavy atom. The second-order valence-electron chi connectivity index (χ2n) is 13.8. The van der Waals surface area contributed by atoms with E-state index in [2.05, 4.69) is 31.2 Å². The lowest BCUT2D eigenvalue weighted by Gasteiger charge is -2.47. The first kappa shape index (κ1) is 31.1. The number of nitrogens with zero attached hydrogens (tertiary/aromatic N) is 3. The Hall–Kier alpha value is -3.86. The second kappa shape index (κ2) is 13.6. The maximum atomic E-state index is 14.5. The van der Waals surface area contributed by atoms with Gasteiger partial charge in [-0.15, -0.1) is 0 Å². The van der Waals surface area contributed by atoms with Crippen molar-refractivity contribution in [3.8, 4) is 0 Å². The molecular formula is C34H49F2N7O2. The fourth-order valence-corrected chi connectivity index (χ4v) is 6.27. The fraction of sp³-hybridized carbons (Fsp3) is 0.529. The van der Waals surface area contributed by atoms with E-state index < -0.39 is 41.5 Å². The van der Waals surface area contributed by atoms with Gasteiger partial charge in [-0.3, -0.25) is 14.6 Å². The van der Waals surface area contributed by atoms with Gasteiger partial charge in [0, 0.05) is 21.3 Å². The molecule has 1 spiro atoms. The molecule has 0 unspecified atom stereocenters. The number of hydrazone groups is 1. The first-order valence-corrected chi connectivity index (χ1v) is 15.1. The van der Waals surface area contributed by atoms with Crippen molar-refractivity contribution in [2.75, 3.05) is 6.54 Å². The number of benzene rings is 2. The summed E-state index contributed by atoms with van der Waals surface area (Å²) in [5.41, 5.74) is 4.69. The molecule has 0 bridgehead atoms. The zero-order valence-corrected chi connectivity index (χ0v) is 26.9. The summed E-state index contributed by atoms with van der Waals surface area (Å²) in [7, 11) is 0. The lowest BCUT2D eigenvalue weighted by Crippen LogP contribution is -2.51. The molecule has 1 aliphatic heterocycles. The Labute approximate surface area is 269 Å². The lowest BCUT2D eigenvalue weighted by atomic mass is 9.69. The van der Waals surface area contributed by atoms with Gasteiger partial charge in [0.25, 0.3) is 11.8 Å². The SMILES string of the molecule is N.[2H]C([2H])([2H])C(C)(C)C1CCC2(CC1)N=C(c1cc(F)cc(F)c1)C(=O)N2[C@H](CCC(C)(C)C)c1ccc(C(=O)NC/C(N)=N/N)cc1. The van der Waals surface area contributed by atoms with Crippen molar-refractivity contribution < 1.29 is 22.5 Å². The summed E-state index contributed by atoms with van der Waals surface area (Å²) >= 11 is 0. The van der Waals surface area contributed by atoms with E-state index in [1.807, 2.05) is 0 Å². The fourth-order valence-electron chi connectivity index (χ4n) is 6.27. The van der Waals surface area contributed by atoms with Crippen molar-refractivity contribution in [3.05, 3.63) is 70.8 Å². The van der Waals surface area contributed by atoms with Crippen LogP contribution >= 0.6 is 0 Å². The molecule has 2 aliphatic rings. The van der Waals surface area contributed by atoms with Crippen molar-refractivity contribution in [1.29, 1.82) is 0 Å². The van der Waals surface area contributed by atoms with E-state index in [4.69, 9.17) is 20.7 Å². The number of amidine groups is 1. The predicted molar refractivity (Wildman–Crippen MR) is 175 cm³/mol. The average Bonchev–Trinajstić information content (AvgIpc) is 3.25. The molecule has 9 nitrogen and oxygen atoms in total. The number of hydrogen-bond acceptors (Lipinski definition) is 6. The molecule has 8 N–H and O–H groups in total. The average molecular weight is 629 g/mol. The monoisotopic (exact) mass is 628 g/mol. The van der Waals surface area contributed by atoms with E-state index in [0.29, 0.717) is 37.7 Å². The van der Waals surface area contributed by atoms with Crippen LogP contribution in [0.4, 0.5) is 8.78 Å². The summed E-state index contributed by atoms with van der Waals surface area (Å²) in [6.07, 6.45) is 3.07. The van der Waals surface area contributed by atoms with Gasteiger partial charge in [0.15, 0.2) is 0 Å². The van der Waals surface area contributed by atoms with E-state index >= 15 is 0 Å². The van der Waals surface area contributed by atoms with Crippen LogP contribution in [0.25, 0.3) is 0 Å². The number of halogens is 2. The van der Waals surface area contributed by atoms with Crippen LogP contribution in [0.3, 0.4) is 0 Å². The van der Waals surface area contributed by atoms with Gasteiger partial charge in [-0.2, -0.15) is 5.10 Å². The van der Waals surface area contributed by atoms with E-state index in [0.717, 1.165) is 30.2 Å². The summed E-state index contributed by atoms with van der Waals surface area (Å²) in [5, 5.41) is 6.01. The number of hydrogen-bond donors (Lipinski definition) is 4. The van der Waals surface area contributed by atoms with Crippen LogP contribution in [0.15, 0.2) is 52.6 Å². The number of amides is 2. The standard InChI is InChI=1S/C34H46F2N6O2.H3N/c1-32(2,3)14-13-27(21-7-9-22(10-8-21)30(43)39-20-28(37)41-38)42-31(44)29(23-17-25(35)19-26(36)18-23)40-34(42)15-11-24(12-16-34)33(4,5)6;/h7-10,17-19,24,27H,11-16,20,38H2,1-6H3,(H2,37,41)(H,39,43);1H3/t24?,27-,34?;/m1./s1/i4D3;. The molecule has 0 saturated heterocycles. The highest BCUT2D eigenvalue weighted by molar-refractivity contribution is 6.46. The third-order valence-electron chi connectivity index (χ3n) is 8.77. The van der Waals surface area contributed by atoms with Crippen molar-refractivity contribution >= 4 is 23.4 Å². The minimum atomic E-state index is -2.17. The van der Waals surface area contributed by atoms with Crippen LogP contribution in [-0.4, -0.2) is 40.5 Å². The predicted octanol–water partition coefficient (Wildman–Crippen LogP) is 6.22. The molecule has 11 heteroatoms. The highest BCUT2D eigenvalue weighted by Crippen LogP contribution is 2.50. The van der Waals surface area contributed by atoms with Crippen LogP contribution in [0.1, 0.15) is 112 Å². The lowest BCUT2D eigenvalue weighted by molar-refractivity contribution is -0.134. The Morgan fingerprint density at radius 3 is 2.27 bits per heavy atom. The highest BCUT2D eigenvalue weighted by atomic mass is 19.1. The van der Waals surface area contributed by atoms with Crippen LogP contribution < -0.4 is 23.0 Å². The Balaban J connectivity index is 0.00000625. The van der Waals surface area contributed by atoms with Gasteiger partial charge >= 0.3 is 0 Å². The summed E-state index contributed by atoms with van der Waals surface area (Å²) in [6.45, 7) is 7.64. The topological polar surface area (TPSA) is 161 Å². The van der Waals surface area contributed by atoms with Gasteiger partial charge in [0.1, 0.15) is 28.8 Å². The van der Waals surface area contributed by atoms with Crippen molar-refractivity contribution in [2.24, 2.45) is 38.4 Å². The Bertz CT molecular complexity index is 1520. The summed E-state index contributed by atoms with van der Waals surface area (Å²) in [4.78, 5) is 34.0. The number of carbonyl (C=O) groups excluding carboxylic acids is 2. The normalized spacial score (nSPS) is 22.6. The van der Waals surface area contributed by atoms with Crippen LogP contribution in [0, 0.1) is 28.4 Å². The largest absolute Gasteiger partial charge is 0.384 e. The minimum Gasteiger partial charge on any atom is -0.384 e. The molecule has 1 aliphatic carbocycles. The molecule has 0 aromatic heterocycles. The van der Waals surface area contributed by atoms with Crippen LogP contribution in [0.5, 0.6) is 0 Å². The van der Waals surface area contributed by atoms with Gasteiger partial charge in [-0.25, -0.2) is 8.78 Å². The molecule has 2 aromatic rings. The van der Waals surface area contributed by atoms with E-state index in [-0.39, 0.29) is 47.0 Å². The number of carbonyl (C=O) groups is 2. The Kier molecular flexibility index (Phi) is 9.44. The Morgan fingerprint density at radius 1 is 1.13 bits per heavy atom. The molecule has 1 fully saturated rings. The minimum absolute atomic E-state index is 0. The van der Waals surface area contributed by atoms with E-state index in [9.17, 15) is 18.4 Å². The highest BCUT2D eigenvalue weighted by Gasteiger charge is 2.52. The third kappa shape index (κ3) is 8.25. The maximum absolute atomic E-state index is 14.5. The van der Waals surface area contributed by atoms with Gasteiger partial charge in [-0.05, 0) is 85.1 Å². The van der Waals surface area contributed by atoms with Crippen LogP contribution in [0.2, 0.25) is 0 Å². The molecule has 4 rings (SSSR count).